The van der Waals surface area contributed by atoms with Gasteiger partial charge in [0.2, 0.25) is 5.91 Å². The summed E-state index contributed by atoms with van der Waals surface area (Å²) in [5, 5.41) is 12.3. The molecule has 2 saturated carbocycles. The van der Waals surface area contributed by atoms with Gasteiger partial charge in [-0.05, 0) is 31.1 Å². The summed E-state index contributed by atoms with van der Waals surface area (Å²) >= 11 is 0. The number of carboxylic acid groups (broad SMARTS) is 1. The summed E-state index contributed by atoms with van der Waals surface area (Å²) in [5.41, 5.74) is 0.146. The number of carbonyl (C=O) groups is 2. The fourth-order valence-corrected chi connectivity index (χ4v) is 3.27. The minimum absolute atomic E-state index is 0.0718. The average Bonchev–Trinajstić information content (AvgIpc) is 3.09. The van der Waals surface area contributed by atoms with E-state index in [1.807, 2.05) is 0 Å². The van der Waals surface area contributed by atoms with Crippen LogP contribution in [0.1, 0.15) is 58.8 Å². The lowest BCUT2D eigenvalue weighted by Crippen LogP contribution is -2.44. The van der Waals surface area contributed by atoms with Gasteiger partial charge in [-0.15, -0.1) is 0 Å². The zero-order valence-corrected chi connectivity index (χ0v) is 11.9. The molecule has 0 aromatic rings. The standard InChI is InChI=1S/C15H25NO3/c1-3-15(2)9-11(15)13(17)16-12-8-6-4-5-7-10(12)14(18)19/h10-12H,3-9H2,1-2H3,(H,16,17)(H,18,19)/t10-,11?,12+,15?/m1/s1. The molecule has 2 N–H and O–H groups in total. The Hall–Kier alpha value is -1.06. The number of nitrogens with one attached hydrogen (secondary N) is 1. The summed E-state index contributed by atoms with van der Waals surface area (Å²) in [7, 11) is 0. The molecule has 19 heavy (non-hydrogen) atoms. The first-order valence-electron chi connectivity index (χ1n) is 7.51. The first kappa shape index (κ1) is 14.4. The molecule has 4 heteroatoms. The third kappa shape index (κ3) is 3.10. The predicted octanol–water partition coefficient (Wildman–Crippen LogP) is 2.57. The molecule has 108 valence electrons. The van der Waals surface area contributed by atoms with Crippen LogP contribution in [0.15, 0.2) is 0 Å². The van der Waals surface area contributed by atoms with Crippen molar-refractivity contribution in [1.82, 2.24) is 5.32 Å². The molecule has 0 saturated heterocycles. The second-order valence-corrected chi connectivity index (χ2v) is 6.46. The average molecular weight is 267 g/mol. The molecule has 4 nitrogen and oxygen atoms in total. The maximum atomic E-state index is 12.2. The number of hydrogen-bond acceptors (Lipinski definition) is 2. The van der Waals surface area contributed by atoms with E-state index >= 15 is 0 Å². The van der Waals surface area contributed by atoms with E-state index in [2.05, 4.69) is 19.2 Å². The van der Waals surface area contributed by atoms with Crippen LogP contribution in [0.3, 0.4) is 0 Å². The van der Waals surface area contributed by atoms with E-state index in [0.29, 0.717) is 6.42 Å². The van der Waals surface area contributed by atoms with E-state index in [1.165, 1.54) is 0 Å². The van der Waals surface area contributed by atoms with Gasteiger partial charge < -0.3 is 10.4 Å². The van der Waals surface area contributed by atoms with E-state index in [1.54, 1.807) is 0 Å². The van der Waals surface area contributed by atoms with Crippen molar-refractivity contribution in [1.29, 1.82) is 0 Å². The maximum absolute atomic E-state index is 12.2. The number of carboxylic acids is 1. The predicted molar refractivity (Wildman–Crippen MR) is 72.6 cm³/mol. The van der Waals surface area contributed by atoms with Crippen molar-refractivity contribution in [3.8, 4) is 0 Å². The van der Waals surface area contributed by atoms with Gasteiger partial charge >= 0.3 is 5.97 Å². The molecule has 0 bridgehead atoms. The number of amides is 1. The molecule has 0 aromatic carbocycles. The number of aliphatic carboxylic acids is 1. The highest BCUT2D eigenvalue weighted by Gasteiger charge is 2.53. The quantitative estimate of drug-likeness (QED) is 0.769. The SMILES string of the molecule is CCC1(C)CC1C(=O)N[C@H]1CCCCC[C@H]1C(=O)O. The summed E-state index contributed by atoms with van der Waals surface area (Å²) in [6.07, 6.45) is 6.50. The number of rotatable bonds is 4. The molecule has 0 aromatic heterocycles. The molecule has 1 amide bonds. The minimum Gasteiger partial charge on any atom is -0.481 e. The highest BCUT2D eigenvalue weighted by atomic mass is 16.4. The maximum Gasteiger partial charge on any atom is 0.308 e. The van der Waals surface area contributed by atoms with Crippen molar-refractivity contribution in [3.63, 3.8) is 0 Å². The molecule has 0 spiro atoms. The lowest BCUT2D eigenvalue weighted by molar-refractivity contribution is -0.143. The molecule has 2 aliphatic carbocycles. The second-order valence-electron chi connectivity index (χ2n) is 6.46. The van der Waals surface area contributed by atoms with Crippen LogP contribution in [-0.2, 0) is 9.59 Å². The van der Waals surface area contributed by atoms with Crippen molar-refractivity contribution in [3.05, 3.63) is 0 Å². The third-order valence-electron chi connectivity index (χ3n) is 5.14. The Balaban J connectivity index is 1.96. The molecule has 2 rings (SSSR count). The van der Waals surface area contributed by atoms with Gasteiger partial charge in [0.15, 0.2) is 0 Å². The molecular formula is C15H25NO3. The van der Waals surface area contributed by atoms with E-state index in [4.69, 9.17) is 0 Å². The Morgan fingerprint density at radius 2 is 1.95 bits per heavy atom. The summed E-state index contributed by atoms with van der Waals surface area (Å²) in [5.74, 6) is -1.00. The van der Waals surface area contributed by atoms with Gasteiger partial charge in [-0.25, -0.2) is 0 Å². The third-order valence-corrected chi connectivity index (χ3v) is 5.14. The van der Waals surface area contributed by atoms with Crippen LogP contribution in [0.5, 0.6) is 0 Å². The molecule has 0 heterocycles. The Bertz CT molecular complexity index is 368. The Kier molecular flexibility index (Phi) is 4.16. The van der Waals surface area contributed by atoms with Crippen molar-refractivity contribution in [2.75, 3.05) is 0 Å². The molecule has 0 aliphatic heterocycles. The molecule has 0 radical (unpaired) electrons. The van der Waals surface area contributed by atoms with Gasteiger partial charge in [0.05, 0.1) is 5.92 Å². The molecule has 4 atom stereocenters. The minimum atomic E-state index is -0.763. The fraction of sp³-hybridized carbons (Fsp3) is 0.867. The molecule has 2 aliphatic rings. The zero-order chi connectivity index (χ0) is 14.0. The van der Waals surface area contributed by atoms with Gasteiger partial charge in [-0.2, -0.15) is 0 Å². The highest BCUT2D eigenvalue weighted by molar-refractivity contribution is 5.83. The van der Waals surface area contributed by atoms with Crippen LogP contribution in [0.2, 0.25) is 0 Å². The van der Waals surface area contributed by atoms with Crippen LogP contribution in [0.4, 0.5) is 0 Å². The summed E-state index contributed by atoms with van der Waals surface area (Å²) in [6.45, 7) is 4.25. The largest absolute Gasteiger partial charge is 0.481 e. The topological polar surface area (TPSA) is 66.4 Å². The smallest absolute Gasteiger partial charge is 0.308 e. The first-order chi connectivity index (χ1) is 8.98. The van der Waals surface area contributed by atoms with Gasteiger partial charge in [0.25, 0.3) is 0 Å². The normalized spacial score (nSPS) is 38.3. The Labute approximate surface area is 115 Å². The fourth-order valence-electron chi connectivity index (χ4n) is 3.27. The van der Waals surface area contributed by atoms with Gasteiger partial charge in [0, 0.05) is 12.0 Å². The monoisotopic (exact) mass is 267 g/mol. The van der Waals surface area contributed by atoms with Crippen molar-refractivity contribution < 1.29 is 14.7 Å². The van der Waals surface area contributed by atoms with Crippen molar-refractivity contribution >= 4 is 11.9 Å². The lowest BCUT2D eigenvalue weighted by Gasteiger charge is -2.23. The first-order valence-corrected chi connectivity index (χ1v) is 7.51. The van der Waals surface area contributed by atoms with Crippen LogP contribution >= 0.6 is 0 Å². The van der Waals surface area contributed by atoms with Crippen molar-refractivity contribution in [2.24, 2.45) is 17.3 Å². The summed E-state index contributed by atoms with van der Waals surface area (Å²) in [4.78, 5) is 23.5. The molecule has 2 unspecified atom stereocenters. The number of carbonyl (C=O) groups excluding carboxylic acids is 1. The van der Waals surface area contributed by atoms with Crippen LogP contribution in [0, 0.1) is 17.3 Å². The van der Waals surface area contributed by atoms with E-state index in [0.717, 1.165) is 38.5 Å². The number of hydrogen-bond donors (Lipinski definition) is 2. The van der Waals surface area contributed by atoms with Gasteiger partial charge in [-0.1, -0.05) is 33.1 Å². The summed E-state index contributed by atoms with van der Waals surface area (Å²) in [6, 6.07) is -0.172. The highest BCUT2D eigenvalue weighted by Crippen LogP contribution is 2.54. The van der Waals surface area contributed by atoms with Crippen LogP contribution < -0.4 is 5.32 Å². The zero-order valence-electron chi connectivity index (χ0n) is 11.9. The summed E-state index contributed by atoms with van der Waals surface area (Å²) < 4.78 is 0. The Morgan fingerprint density at radius 3 is 2.53 bits per heavy atom. The lowest BCUT2D eigenvalue weighted by atomic mass is 9.94. The van der Waals surface area contributed by atoms with E-state index in [-0.39, 0.29) is 23.3 Å². The van der Waals surface area contributed by atoms with Crippen molar-refractivity contribution in [2.45, 2.75) is 64.8 Å². The van der Waals surface area contributed by atoms with Gasteiger partial charge in [-0.3, -0.25) is 9.59 Å². The molecule has 2 fully saturated rings. The van der Waals surface area contributed by atoms with E-state index in [9.17, 15) is 14.7 Å². The van der Waals surface area contributed by atoms with Crippen LogP contribution in [0.25, 0.3) is 0 Å². The Morgan fingerprint density at radius 1 is 1.26 bits per heavy atom. The van der Waals surface area contributed by atoms with E-state index < -0.39 is 11.9 Å². The second kappa shape index (κ2) is 5.51. The molecular weight excluding hydrogens is 242 g/mol. The van der Waals surface area contributed by atoms with Crippen LogP contribution in [-0.4, -0.2) is 23.0 Å². The van der Waals surface area contributed by atoms with Gasteiger partial charge in [0.1, 0.15) is 0 Å².